The molecule has 0 saturated heterocycles. The van der Waals surface area contributed by atoms with Crippen molar-refractivity contribution in [1.29, 1.82) is 0 Å². The third kappa shape index (κ3) is 5.13. The summed E-state index contributed by atoms with van der Waals surface area (Å²) in [6, 6.07) is 7.73. The molecule has 0 aliphatic heterocycles. The van der Waals surface area contributed by atoms with Crippen LogP contribution in [0.1, 0.15) is 33.7 Å². The van der Waals surface area contributed by atoms with Crippen LogP contribution in [-0.4, -0.2) is 32.0 Å². The topological polar surface area (TPSA) is 74.0 Å². The summed E-state index contributed by atoms with van der Waals surface area (Å²) >= 11 is 5.98. The van der Waals surface area contributed by atoms with Gasteiger partial charge in [-0.25, -0.2) is 4.68 Å². The van der Waals surface area contributed by atoms with Crippen molar-refractivity contribution in [3.8, 4) is 5.75 Å². The van der Waals surface area contributed by atoms with E-state index in [0.29, 0.717) is 23.8 Å². The number of benzene rings is 1. The maximum Gasteiger partial charge on any atom is 0.271 e. The quantitative estimate of drug-likeness (QED) is 0.586. The van der Waals surface area contributed by atoms with Crippen molar-refractivity contribution < 1.29 is 9.53 Å². The molecule has 1 N–H and O–H groups in total. The van der Waals surface area contributed by atoms with Crippen LogP contribution in [0.15, 0.2) is 36.7 Å². The molecule has 148 valence electrons. The zero-order valence-electron chi connectivity index (χ0n) is 16.3. The molecule has 0 spiro atoms. The first kappa shape index (κ1) is 19.9. The first-order valence-electron chi connectivity index (χ1n) is 9.13. The highest BCUT2D eigenvalue weighted by Gasteiger charge is 2.10. The average molecular weight is 402 g/mol. The molecular formula is C20H24ClN5O2. The Morgan fingerprint density at radius 3 is 2.75 bits per heavy atom. The summed E-state index contributed by atoms with van der Waals surface area (Å²) in [5.41, 5.74) is 3.36. The Bertz CT molecular complexity index is 944. The van der Waals surface area contributed by atoms with Gasteiger partial charge in [0.2, 0.25) is 0 Å². The Morgan fingerprint density at radius 1 is 1.18 bits per heavy atom. The molecule has 3 rings (SSSR count). The minimum Gasteiger partial charge on any atom is -0.471 e. The average Bonchev–Trinajstić information content (AvgIpc) is 3.26. The highest BCUT2D eigenvalue weighted by atomic mass is 35.5. The van der Waals surface area contributed by atoms with Crippen molar-refractivity contribution in [3.05, 3.63) is 64.2 Å². The number of aryl methyl sites for hydroxylation is 4. The number of ether oxygens (including phenoxy) is 1. The predicted molar refractivity (Wildman–Crippen MR) is 108 cm³/mol. The molecule has 1 aromatic carbocycles. The Kier molecular flexibility index (Phi) is 6.36. The summed E-state index contributed by atoms with van der Waals surface area (Å²) in [7, 11) is 0. The van der Waals surface area contributed by atoms with E-state index in [1.54, 1.807) is 27.8 Å². The SMILES string of the molecule is Cc1ccc(C)c(OCn2ccc(C(=O)NCCCn3cc(Cl)c(C)n3)n2)c1. The molecule has 28 heavy (non-hydrogen) atoms. The predicted octanol–water partition coefficient (Wildman–Crippen LogP) is 3.51. The van der Waals surface area contributed by atoms with Crippen molar-refractivity contribution in [2.45, 2.75) is 40.5 Å². The monoisotopic (exact) mass is 401 g/mol. The van der Waals surface area contributed by atoms with Crippen LogP contribution in [0.5, 0.6) is 5.75 Å². The van der Waals surface area contributed by atoms with Crippen LogP contribution >= 0.6 is 11.6 Å². The second kappa shape index (κ2) is 8.93. The summed E-state index contributed by atoms with van der Waals surface area (Å²) in [6.45, 7) is 7.34. The van der Waals surface area contributed by atoms with Gasteiger partial charge in [-0.3, -0.25) is 9.48 Å². The second-order valence-corrected chi connectivity index (χ2v) is 7.13. The lowest BCUT2D eigenvalue weighted by molar-refractivity contribution is 0.0945. The van der Waals surface area contributed by atoms with E-state index in [9.17, 15) is 4.79 Å². The fourth-order valence-electron chi connectivity index (χ4n) is 2.69. The van der Waals surface area contributed by atoms with Crippen molar-refractivity contribution in [2.24, 2.45) is 0 Å². The smallest absolute Gasteiger partial charge is 0.271 e. The molecule has 0 saturated carbocycles. The molecule has 1 amide bonds. The largest absolute Gasteiger partial charge is 0.471 e. The minimum absolute atomic E-state index is 0.208. The number of rotatable bonds is 8. The number of carbonyl (C=O) groups is 1. The molecule has 8 heteroatoms. The van der Waals surface area contributed by atoms with Crippen LogP contribution in [0.3, 0.4) is 0 Å². The van der Waals surface area contributed by atoms with Gasteiger partial charge in [0.1, 0.15) is 11.4 Å². The van der Waals surface area contributed by atoms with Crippen LogP contribution in [0.25, 0.3) is 0 Å². The maximum atomic E-state index is 12.2. The van der Waals surface area contributed by atoms with Crippen molar-refractivity contribution in [1.82, 2.24) is 24.9 Å². The van der Waals surface area contributed by atoms with Gasteiger partial charge in [-0.2, -0.15) is 10.2 Å². The van der Waals surface area contributed by atoms with Crippen molar-refractivity contribution in [3.63, 3.8) is 0 Å². The normalized spacial score (nSPS) is 10.9. The number of halogens is 1. The standard InChI is InChI=1S/C20H24ClN5O2/c1-14-5-6-15(2)19(11-14)28-13-26-10-7-18(24-26)20(27)22-8-4-9-25-12-17(21)16(3)23-25/h5-7,10-12H,4,8-9,13H2,1-3H3,(H,22,27). The first-order valence-corrected chi connectivity index (χ1v) is 9.51. The molecule has 0 fully saturated rings. The van der Waals surface area contributed by atoms with E-state index in [1.165, 1.54) is 0 Å². The molecule has 7 nitrogen and oxygen atoms in total. The van der Waals surface area contributed by atoms with Crippen molar-refractivity contribution >= 4 is 17.5 Å². The van der Waals surface area contributed by atoms with E-state index in [1.807, 2.05) is 39.0 Å². The number of nitrogens with zero attached hydrogens (tertiary/aromatic N) is 4. The van der Waals surface area contributed by atoms with Gasteiger partial charge in [-0.15, -0.1) is 0 Å². The summed E-state index contributed by atoms with van der Waals surface area (Å²) in [4.78, 5) is 12.2. The Labute approximate surface area is 169 Å². The van der Waals surface area contributed by atoms with Gasteiger partial charge in [0.05, 0.1) is 10.7 Å². The van der Waals surface area contributed by atoms with Crippen LogP contribution in [0.4, 0.5) is 0 Å². The van der Waals surface area contributed by atoms with E-state index in [2.05, 4.69) is 15.5 Å². The Morgan fingerprint density at radius 2 is 2.00 bits per heavy atom. The van der Waals surface area contributed by atoms with E-state index in [-0.39, 0.29) is 12.6 Å². The Balaban J connectivity index is 1.45. The molecule has 0 bridgehead atoms. The van der Waals surface area contributed by atoms with Crippen LogP contribution in [0.2, 0.25) is 5.02 Å². The fraction of sp³-hybridized carbons (Fsp3) is 0.350. The van der Waals surface area contributed by atoms with E-state index in [0.717, 1.165) is 29.0 Å². The van der Waals surface area contributed by atoms with E-state index in [4.69, 9.17) is 16.3 Å². The molecule has 0 atom stereocenters. The third-order valence-electron chi connectivity index (χ3n) is 4.31. The van der Waals surface area contributed by atoms with Gasteiger partial charge in [-0.05, 0) is 50.5 Å². The Hall–Kier alpha value is -2.80. The lowest BCUT2D eigenvalue weighted by atomic mass is 10.1. The number of nitrogens with one attached hydrogen (secondary N) is 1. The lowest BCUT2D eigenvalue weighted by Crippen LogP contribution is -2.26. The molecule has 0 aliphatic carbocycles. The molecule has 2 aromatic heterocycles. The fourth-order valence-corrected chi connectivity index (χ4v) is 2.85. The van der Waals surface area contributed by atoms with Crippen LogP contribution < -0.4 is 10.1 Å². The molecule has 0 unspecified atom stereocenters. The lowest BCUT2D eigenvalue weighted by Gasteiger charge is -2.09. The van der Waals surface area contributed by atoms with Gasteiger partial charge < -0.3 is 10.1 Å². The van der Waals surface area contributed by atoms with E-state index < -0.39 is 0 Å². The first-order chi connectivity index (χ1) is 13.4. The van der Waals surface area contributed by atoms with Gasteiger partial charge >= 0.3 is 0 Å². The number of aromatic nitrogens is 4. The number of amides is 1. The summed E-state index contributed by atoms with van der Waals surface area (Å²) in [5.74, 6) is 0.607. The minimum atomic E-state index is -0.208. The summed E-state index contributed by atoms with van der Waals surface area (Å²) < 4.78 is 9.19. The van der Waals surface area contributed by atoms with Gasteiger partial charge in [0.15, 0.2) is 6.73 Å². The highest BCUT2D eigenvalue weighted by molar-refractivity contribution is 6.31. The van der Waals surface area contributed by atoms with Gasteiger partial charge in [0, 0.05) is 25.5 Å². The van der Waals surface area contributed by atoms with Crippen LogP contribution in [0, 0.1) is 20.8 Å². The molecule has 0 radical (unpaired) electrons. The molecule has 0 aliphatic rings. The van der Waals surface area contributed by atoms with Gasteiger partial charge in [0.25, 0.3) is 5.91 Å². The molecular weight excluding hydrogens is 378 g/mol. The summed E-state index contributed by atoms with van der Waals surface area (Å²) in [5, 5.41) is 12.1. The zero-order chi connectivity index (χ0) is 20.1. The molecule has 3 aromatic rings. The number of carbonyl (C=O) groups excluding carboxylic acids is 1. The summed E-state index contributed by atoms with van der Waals surface area (Å²) in [6.07, 6.45) is 4.27. The van der Waals surface area contributed by atoms with Crippen LogP contribution in [-0.2, 0) is 13.3 Å². The second-order valence-electron chi connectivity index (χ2n) is 6.72. The van der Waals surface area contributed by atoms with Crippen molar-refractivity contribution in [2.75, 3.05) is 6.54 Å². The maximum absolute atomic E-state index is 12.2. The third-order valence-corrected chi connectivity index (χ3v) is 4.68. The molecule has 2 heterocycles. The van der Waals surface area contributed by atoms with E-state index >= 15 is 0 Å². The highest BCUT2D eigenvalue weighted by Crippen LogP contribution is 2.19. The number of hydrogen-bond acceptors (Lipinski definition) is 4. The number of hydrogen-bond donors (Lipinski definition) is 1. The van der Waals surface area contributed by atoms with Gasteiger partial charge in [-0.1, -0.05) is 23.7 Å². The zero-order valence-corrected chi connectivity index (χ0v) is 17.0.